The van der Waals surface area contributed by atoms with Gasteiger partial charge in [-0.3, -0.25) is 0 Å². The van der Waals surface area contributed by atoms with Gasteiger partial charge < -0.3 is 0 Å². The summed E-state index contributed by atoms with van der Waals surface area (Å²) in [6, 6.07) is 3.38. The van der Waals surface area contributed by atoms with E-state index in [0.717, 1.165) is 0 Å². The first kappa shape index (κ1) is 22.3. The van der Waals surface area contributed by atoms with Gasteiger partial charge >= 0.3 is 0 Å². The smallest absolute Gasteiger partial charge is 0.145 e. The number of hydrogen-bond acceptors (Lipinski definition) is 3. The van der Waals surface area contributed by atoms with Gasteiger partial charge in [-0.2, -0.15) is 0 Å². The maximum absolute atomic E-state index is 2.77. The van der Waals surface area contributed by atoms with Crippen molar-refractivity contribution in [2.24, 2.45) is 0 Å². The van der Waals surface area contributed by atoms with Crippen LogP contribution in [0.2, 0.25) is 0 Å². The largest absolute Gasteiger partial charge is 0.215 e. The summed E-state index contributed by atoms with van der Waals surface area (Å²) in [5.74, 6) is 0. The van der Waals surface area contributed by atoms with E-state index in [9.17, 15) is 0 Å². The molecule has 0 radical (unpaired) electrons. The van der Waals surface area contributed by atoms with Crippen LogP contribution in [0, 0.1) is 0 Å². The third kappa shape index (κ3) is 5.74. The molecular formula is C18H43N3P+. The molecule has 4 heteroatoms. The van der Waals surface area contributed by atoms with E-state index in [1.54, 1.807) is 0 Å². The van der Waals surface area contributed by atoms with Crippen LogP contribution in [-0.4, -0.2) is 50.3 Å². The first-order valence-electron chi connectivity index (χ1n) is 9.15. The highest BCUT2D eigenvalue weighted by Crippen LogP contribution is 2.54. The summed E-state index contributed by atoms with van der Waals surface area (Å²) in [6.45, 7) is 28.2. The predicted octanol–water partition coefficient (Wildman–Crippen LogP) is 5.30. The van der Waals surface area contributed by atoms with Crippen molar-refractivity contribution >= 4 is 8.37 Å². The number of nitrogens with zero attached hydrogens (tertiary/aromatic N) is 3. The maximum atomic E-state index is 2.77. The molecule has 0 N–H and O–H groups in total. The molecule has 0 saturated heterocycles. The lowest BCUT2D eigenvalue weighted by molar-refractivity contribution is 0.197. The maximum Gasteiger partial charge on any atom is 0.215 e. The van der Waals surface area contributed by atoms with Crippen molar-refractivity contribution in [2.45, 2.75) is 119 Å². The summed E-state index contributed by atoms with van der Waals surface area (Å²) in [5, 5.41) is 0. The minimum atomic E-state index is -0.957. The van der Waals surface area contributed by atoms with Crippen molar-refractivity contribution in [3.05, 3.63) is 0 Å². The van der Waals surface area contributed by atoms with E-state index in [1.165, 1.54) is 0 Å². The Bertz CT molecular complexity index is 229. The second kappa shape index (κ2) is 9.57. The van der Waals surface area contributed by atoms with Crippen LogP contribution in [0.15, 0.2) is 0 Å². The minimum Gasteiger partial charge on any atom is -0.145 e. The van der Waals surface area contributed by atoms with Gasteiger partial charge in [-0.05, 0) is 83.1 Å². The summed E-state index contributed by atoms with van der Waals surface area (Å²) < 4.78 is 8.31. The van der Waals surface area contributed by atoms with Crippen LogP contribution in [0.3, 0.4) is 0 Å². The highest BCUT2D eigenvalue weighted by atomic mass is 31.2. The number of hydrogen-bond donors (Lipinski definition) is 0. The molecule has 0 aromatic heterocycles. The molecule has 0 bridgehead atoms. The fourth-order valence-corrected chi connectivity index (χ4v) is 7.15. The quantitative estimate of drug-likeness (QED) is 0.530. The van der Waals surface area contributed by atoms with E-state index in [0.29, 0.717) is 36.3 Å². The number of rotatable bonds is 9. The molecule has 0 aliphatic heterocycles. The molecule has 0 aliphatic carbocycles. The summed E-state index contributed by atoms with van der Waals surface area (Å²) in [7, 11) is -0.957. The lowest BCUT2D eigenvalue weighted by Crippen LogP contribution is -2.50. The van der Waals surface area contributed by atoms with Gasteiger partial charge in [-0.1, -0.05) is 0 Å². The van der Waals surface area contributed by atoms with E-state index in [1.807, 2.05) is 0 Å². The fourth-order valence-electron chi connectivity index (χ4n) is 3.57. The Morgan fingerprint density at radius 3 is 0.591 bits per heavy atom. The highest BCUT2D eigenvalue weighted by Gasteiger charge is 2.46. The molecule has 0 atom stereocenters. The average Bonchev–Trinajstić information content (AvgIpc) is 2.24. The van der Waals surface area contributed by atoms with Crippen LogP contribution < -0.4 is 0 Å². The molecule has 0 rings (SSSR count). The predicted molar refractivity (Wildman–Crippen MR) is 105 cm³/mol. The van der Waals surface area contributed by atoms with E-state index in [2.05, 4.69) is 97.1 Å². The van der Waals surface area contributed by atoms with Crippen LogP contribution in [0.25, 0.3) is 0 Å². The van der Waals surface area contributed by atoms with Crippen molar-refractivity contribution in [2.75, 3.05) is 0 Å². The molecule has 0 unspecified atom stereocenters. The Morgan fingerprint density at radius 1 is 0.364 bits per heavy atom. The van der Waals surface area contributed by atoms with Gasteiger partial charge in [0.25, 0.3) is 0 Å². The Balaban J connectivity index is 6.03. The molecule has 0 amide bonds. The molecule has 3 nitrogen and oxygen atoms in total. The van der Waals surface area contributed by atoms with Crippen molar-refractivity contribution in [3.63, 3.8) is 0 Å². The van der Waals surface area contributed by atoms with Crippen molar-refractivity contribution in [1.29, 1.82) is 0 Å². The topological polar surface area (TPSA) is 9.72 Å². The molecule has 134 valence electrons. The lowest BCUT2D eigenvalue weighted by atomic mass is 10.3. The Hall–Kier alpha value is 0.310. The SMILES string of the molecule is CC(C)N(C(C)C)[PH+](N(C(C)C)C(C)C)N(C(C)C)C(C)C. The third-order valence-electron chi connectivity index (χ3n) is 4.03. The first-order valence-corrected chi connectivity index (χ1v) is 10.5. The lowest BCUT2D eigenvalue weighted by Gasteiger charge is -2.46. The standard InChI is InChI=1S/C18H42N3P/c1-13(2)19(14(3)4)22(20(15(5)6)16(7)8)21(17(9)10)18(11)12/h13-18H,1-12H3/p+1. The molecule has 0 aromatic carbocycles. The Kier molecular flexibility index (Phi) is 9.70. The van der Waals surface area contributed by atoms with Crippen LogP contribution in [-0.2, 0) is 0 Å². The fraction of sp³-hybridized carbons (Fsp3) is 1.00. The van der Waals surface area contributed by atoms with Crippen LogP contribution in [0.5, 0.6) is 0 Å². The minimum absolute atomic E-state index is 0.564. The molecule has 22 heavy (non-hydrogen) atoms. The normalized spacial score (nSPS) is 13.9. The van der Waals surface area contributed by atoms with Gasteiger partial charge in [0.2, 0.25) is 8.37 Å². The summed E-state index contributed by atoms with van der Waals surface area (Å²) in [5.41, 5.74) is 0. The van der Waals surface area contributed by atoms with Gasteiger partial charge in [0, 0.05) is 36.3 Å². The Labute approximate surface area is 142 Å². The van der Waals surface area contributed by atoms with Gasteiger partial charge in [-0.25, -0.2) is 0 Å². The van der Waals surface area contributed by atoms with Crippen molar-refractivity contribution < 1.29 is 0 Å². The van der Waals surface area contributed by atoms with Gasteiger partial charge in [0.1, 0.15) is 0 Å². The van der Waals surface area contributed by atoms with Gasteiger partial charge in [0.05, 0.1) is 0 Å². The van der Waals surface area contributed by atoms with Crippen LogP contribution >= 0.6 is 8.37 Å². The Morgan fingerprint density at radius 2 is 0.500 bits per heavy atom. The van der Waals surface area contributed by atoms with Crippen LogP contribution in [0.4, 0.5) is 0 Å². The first-order chi connectivity index (χ1) is 9.93. The van der Waals surface area contributed by atoms with E-state index in [4.69, 9.17) is 0 Å². The van der Waals surface area contributed by atoms with E-state index < -0.39 is 8.37 Å². The van der Waals surface area contributed by atoms with Crippen molar-refractivity contribution in [3.8, 4) is 0 Å². The average molecular weight is 333 g/mol. The van der Waals surface area contributed by atoms with E-state index in [-0.39, 0.29) is 0 Å². The molecule has 0 aliphatic rings. The van der Waals surface area contributed by atoms with E-state index >= 15 is 0 Å². The molecule has 0 aromatic rings. The molecule has 0 heterocycles. The molecule has 0 saturated carbocycles. The van der Waals surface area contributed by atoms with Crippen LogP contribution in [0.1, 0.15) is 83.1 Å². The summed E-state index contributed by atoms with van der Waals surface area (Å²) in [4.78, 5) is 0. The monoisotopic (exact) mass is 332 g/mol. The zero-order valence-corrected chi connectivity index (χ0v) is 18.3. The van der Waals surface area contributed by atoms with Gasteiger partial charge in [-0.15, -0.1) is 14.0 Å². The zero-order valence-electron chi connectivity index (χ0n) is 17.3. The zero-order chi connectivity index (χ0) is 17.8. The molecule has 0 fully saturated rings. The third-order valence-corrected chi connectivity index (χ3v) is 8.51. The highest BCUT2D eigenvalue weighted by molar-refractivity contribution is 7.50. The van der Waals surface area contributed by atoms with Gasteiger partial charge in [0.15, 0.2) is 0 Å². The summed E-state index contributed by atoms with van der Waals surface area (Å²) >= 11 is 0. The molecular weight excluding hydrogens is 289 g/mol. The van der Waals surface area contributed by atoms with Crippen molar-refractivity contribution in [1.82, 2.24) is 14.0 Å². The second-order valence-corrected chi connectivity index (χ2v) is 10.2. The summed E-state index contributed by atoms with van der Waals surface area (Å²) in [6.07, 6.45) is 0. The second-order valence-electron chi connectivity index (χ2n) is 8.08. The molecule has 0 spiro atoms.